The van der Waals surface area contributed by atoms with E-state index in [1.54, 1.807) is 28.5 Å². The first-order chi connectivity index (χ1) is 18.1. The van der Waals surface area contributed by atoms with Gasteiger partial charge in [-0.2, -0.15) is 0 Å². The van der Waals surface area contributed by atoms with Gasteiger partial charge in [-0.15, -0.1) is 0 Å². The molecule has 0 bridgehead atoms. The van der Waals surface area contributed by atoms with Crippen LogP contribution in [0.2, 0.25) is 0 Å². The minimum absolute atomic E-state index is 0.0193. The Hall–Kier alpha value is -3.76. The smallest absolute Gasteiger partial charge is 0.273 e. The molecule has 1 aromatic carbocycles. The van der Waals surface area contributed by atoms with E-state index < -0.39 is 17.4 Å². The Morgan fingerprint density at radius 3 is 2.32 bits per heavy atom. The van der Waals surface area contributed by atoms with Crippen LogP contribution in [0.1, 0.15) is 67.1 Å². The number of fused-ring (bicyclic) bond motifs is 1. The fourth-order valence-corrected chi connectivity index (χ4v) is 4.60. The van der Waals surface area contributed by atoms with Gasteiger partial charge in [0.25, 0.3) is 11.8 Å². The number of nitrogens with zero attached hydrogens (tertiary/aromatic N) is 3. The molecule has 1 atom stereocenters. The molecule has 1 aliphatic rings. The highest BCUT2D eigenvalue weighted by molar-refractivity contribution is 6.07. The molecule has 0 fully saturated rings. The third-order valence-corrected chi connectivity index (χ3v) is 6.70. The molecule has 1 aliphatic heterocycles. The molecule has 208 valence electrons. The maximum Gasteiger partial charge on any atom is 0.273 e. The summed E-state index contributed by atoms with van der Waals surface area (Å²) in [6.07, 6.45) is 2.96. The molecular formula is C27H39N5O6. The van der Waals surface area contributed by atoms with Gasteiger partial charge in [0.2, 0.25) is 11.7 Å². The largest absolute Gasteiger partial charge is 0.493 e. The molecule has 2 aromatic rings. The van der Waals surface area contributed by atoms with E-state index in [1.165, 1.54) is 27.7 Å². The van der Waals surface area contributed by atoms with Gasteiger partial charge in [-0.25, -0.2) is 4.98 Å². The van der Waals surface area contributed by atoms with Crippen LogP contribution in [0.5, 0.6) is 17.2 Å². The van der Waals surface area contributed by atoms with Gasteiger partial charge < -0.3 is 34.3 Å². The lowest BCUT2D eigenvalue weighted by atomic mass is 9.93. The van der Waals surface area contributed by atoms with Crippen LogP contribution in [0.3, 0.4) is 0 Å². The van der Waals surface area contributed by atoms with Crippen LogP contribution in [0.25, 0.3) is 0 Å². The van der Waals surface area contributed by atoms with Gasteiger partial charge in [0, 0.05) is 19.6 Å². The average Bonchev–Trinajstić information content (AvgIpc) is 3.32. The van der Waals surface area contributed by atoms with E-state index in [9.17, 15) is 14.4 Å². The first-order valence-corrected chi connectivity index (χ1v) is 12.8. The second-order valence-electron chi connectivity index (χ2n) is 9.96. The van der Waals surface area contributed by atoms with Crippen LogP contribution in [-0.4, -0.2) is 72.1 Å². The molecule has 0 radical (unpaired) electrons. The molecule has 0 aliphatic carbocycles. The molecule has 11 nitrogen and oxygen atoms in total. The first kappa shape index (κ1) is 28.8. The summed E-state index contributed by atoms with van der Waals surface area (Å²) in [6, 6.07) is 3.48. The highest BCUT2D eigenvalue weighted by Gasteiger charge is 2.48. The summed E-state index contributed by atoms with van der Waals surface area (Å²) < 4.78 is 17.7. The summed E-state index contributed by atoms with van der Waals surface area (Å²) in [5.74, 6) is 0.721. The molecule has 11 heteroatoms. The van der Waals surface area contributed by atoms with Crippen LogP contribution in [0.15, 0.2) is 18.5 Å². The Bertz CT molecular complexity index is 1150. The number of benzene rings is 1. The van der Waals surface area contributed by atoms with Crippen molar-refractivity contribution in [2.75, 3.05) is 34.4 Å². The molecule has 0 saturated carbocycles. The van der Waals surface area contributed by atoms with Crippen molar-refractivity contribution in [2.45, 2.75) is 59.2 Å². The van der Waals surface area contributed by atoms with Crippen molar-refractivity contribution in [3.05, 3.63) is 35.4 Å². The van der Waals surface area contributed by atoms with Crippen LogP contribution in [-0.2, 0) is 17.9 Å². The minimum atomic E-state index is -1.10. The van der Waals surface area contributed by atoms with E-state index >= 15 is 0 Å². The number of amides is 3. The zero-order valence-corrected chi connectivity index (χ0v) is 23.3. The highest BCUT2D eigenvalue weighted by atomic mass is 16.5. The predicted molar refractivity (Wildman–Crippen MR) is 142 cm³/mol. The molecule has 2 heterocycles. The maximum atomic E-state index is 13.7. The molecule has 2 N–H and O–H groups in total. The van der Waals surface area contributed by atoms with Crippen molar-refractivity contribution in [3.8, 4) is 17.2 Å². The van der Waals surface area contributed by atoms with Crippen molar-refractivity contribution in [1.29, 1.82) is 0 Å². The lowest BCUT2D eigenvalue weighted by molar-refractivity contribution is -0.132. The Kier molecular flexibility index (Phi) is 9.24. The molecule has 0 unspecified atom stereocenters. The number of hydrogen-bond donors (Lipinski definition) is 2. The Balaban J connectivity index is 1.83. The zero-order valence-electron chi connectivity index (χ0n) is 23.3. The van der Waals surface area contributed by atoms with E-state index in [0.717, 1.165) is 6.42 Å². The van der Waals surface area contributed by atoms with Crippen LogP contribution in [0.4, 0.5) is 0 Å². The Labute approximate surface area is 223 Å². The van der Waals surface area contributed by atoms with Gasteiger partial charge in [0.1, 0.15) is 11.2 Å². The van der Waals surface area contributed by atoms with Gasteiger partial charge in [-0.3, -0.25) is 14.4 Å². The van der Waals surface area contributed by atoms with E-state index in [0.29, 0.717) is 48.2 Å². The fourth-order valence-electron chi connectivity index (χ4n) is 4.60. The van der Waals surface area contributed by atoms with Gasteiger partial charge in [-0.1, -0.05) is 20.8 Å². The second-order valence-corrected chi connectivity index (χ2v) is 9.96. The van der Waals surface area contributed by atoms with E-state index in [-0.39, 0.29) is 30.4 Å². The third kappa shape index (κ3) is 5.71. The number of imidazole rings is 1. The van der Waals surface area contributed by atoms with Gasteiger partial charge in [0.15, 0.2) is 17.2 Å². The molecule has 0 spiro atoms. The predicted octanol–water partition coefficient (Wildman–Crippen LogP) is 2.63. The number of carbonyl (C=O) groups is 3. The van der Waals surface area contributed by atoms with Crippen molar-refractivity contribution < 1.29 is 28.6 Å². The van der Waals surface area contributed by atoms with Crippen molar-refractivity contribution in [2.24, 2.45) is 5.92 Å². The lowest BCUT2D eigenvalue weighted by Crippen LogP contribution is -2.64. The van der Waals surface area contributed by atoms with Crippen LogP contribution in [0, 0.1) is 5.92 Å². The first-order valence-electron chi connectivity index (χ1n) is 12.8. The standard InChI is InChI=1S/C27H39N5O6/c1-8-11-32-25(34)22-21(30-16-31(22)15-27(32,4)26(35)28-10-9-17(2)3)24(33)29-14-18-12-19(36-5)23(38-7)20(13-18)37-6/h12-13,16-17H,8-11,14-15H2,1-7H3,(H,28,35)(H,29,33)/t27-/m1/s1. The summed E-state index contributed by atoms with van der Waals surface area (Å²) in [4.78, 5) is 45.9. The second kappa shape index (κ2) is 12.2. The number of carbonyl (C=O) groups excluding carboxylic acids is 3. The summed E-state index contributed by atoms with van der Waals surface area (Å²) in [5, 5.41) is 5.81. The minimum Gasteiger partial charge on any atom is -0.493 e. The van der Waals surface area contributed by atoms with E-state index in [1.807, 2.05) is 6.92 Å². The zero-order chi connectivity index (χ0) is 28.0. The average molecular weight is 530 g/mol. The molecule has 3 amide bonds. The Morgan fingerprint density at radius 2 is 1.76 bits per heavy atom. The molecular weight excluding hydrogens is 490 g/mol. The van der Waals surface area contributed by atoms with Gasteiger partial charge in [-0.05, 0) is 43.4 Å². The summed E-state index contributed by atoms with van der Waals surface area (Å²) in [5.41, 5.74) is -0.188. The highest BCUT2D eigenvalue weighted by Crippen LogP contribution is 2.38. The van der Waals surface area contributed by atoms with E-state index in [2.05, 4.69) is 29.5 Å². The summed E-state index contributed by atoms with van der Waals surface area (Å²) in [7, 11) is 4.55. The van der Waals surface area contributed by atoms with E-state index in [4.69, 9.17) is 14.2 Å². The van der Waals surface area contributed by atoms with Crippen molar-refractivity contribution in [1.82, 2.24) is 25.1 Å². The van der Waals surface area contributed by atoms with Crippen LogP contribution < -0.4 is 24.8 Å². The van der Waals surface area contributed by atoms with Gasteiger partial charge in [0.05, 0.1) is 34.2 Å². The molecule has 3 rings (SSSR count). The monoisotopic (exact) mass is 529 g/mol. The van der Waals surface area contributed by atoms with Gasteiger partial charge >= 0.3 is 0 Å². The number of aromatic nitrogens is 2. The number of hydrogen-bond acceptors (Lipinski definition) is 7. The number of rotatable bonds is 12. The fraction of sp³-hybridized carbons (Fsp3) is 0.556. The third-order valence-electron chi connectivity index (χ3n) is 6.70. The Morgan fingerprint density at radius 1 is 1.11 bits per heavy atom. The quantitative estimate of drug-likeness (QED) is 0.433. The van der Waals surface area contributed by atoms with Crippen molar-refractivity contribution >= 4 is 17.7 Å². The van der Waals surface area contributed by atoms with Crippen molar-refractivity contribution in [3.63, 3.8) is 0 Å². The lowest BCUT2D eigenvalue weighted by Gasteiger charge is -2.43. The molecule has 0 saturated heterocycles. The molecule has 1 aromatic heterocycles. The SMILES string of the molecule is CCCN1C(=O)c2c(C(=O)NCc3cc(OC)c(OC)c(OC)c3)ncn2C[C@]1(C)C(=O)NCCC(C)C. The number of ether oxygens (including phenoxy) is 3. The number of nitrogens with one attached hydrogen (secondary N) is 2. The number of methoxy groups -OCH3 is 3. The summed E-state index contributed by atoms with van der Waals surface area (Å²) in [6.45, 7) is 9.15. The molecule has 38 heavy (non-hydrogen) atoms. The normalized spacial score (nSPS) is 16.7. The summed E-state index contributed by atoms with van der Waals surface area (Å²) >= 11 is 0. The van der Waals surface area contributed by atoms with Crippen LogP contribution >= 0.6 is 0 Å². The maximum absolute atomic E-state index is 13.7. The topological polar surface area (TPSA) is 124 Å².